The number of anilines is 1. The number of halogens is 3. The number of carbonyl (C=O) groups excluding carboxylic acids is 4. The lowest BCUT2D eigenvalue weighted by molar-refractivity contribution is -0.195. The van der Waals surface area contributed by atoms with E-state index in [4.69, 9.17) is 0 Å². The van der Waals surface area contributed by atoms with Crippen LogP contribution in [0.4, 0.5) is 18.9 Å². The van der Waals surface area contributed by atoms with Crippen LogP contribution in [-0.4, -0.2) is 59.4 Å². The summed E-state index contributed by atoms with van der Waals surface area (Å²) >= 11 is 0. The Morgan fingerprint density at radius 3 is 2.39 bits per heavy atom. The van der Waals surface area contributed by atoms with Gasteiger partial charge in [0.1, 0.15) is 12.1 Å². The first kappa shape index (κ1) is 30.3. The summed E-state index contributed by atoms with van der Waals surface area (Å²) < 4.78 is 40.5. The summed E-state index contributed by atoms with van der Waals surface area (Å²) in [5.74, 6) is -4.82. The molecule has 1 saturated carbocycles. The molecule has 1 spiro atoms. The molecule has 9 nitrogen and oxygen atoms in total. The fourth-order valence-corrected chi connectivity index (χ4v) is 6.62. The lowest BCUT2D eigenvalue weighted by atomic mass is 9.80. The van der Waals surface area contributed by atoms with Crippen LogP contribution in [0.2, 0.25) is 0 Å². The lowest BCUT2D eigenvalue weighted by Crippen LogP contribution is -2.55. The number of carbonyl (C=O) groups is 4. The smallest absolute Gasteiger partial charge is 0.345 e. The molecule has 0 aromatic heterocycles. The predicted octanol–water partition coefficient (Wildman–Crippen LogP) is 3.41. The van der Waals surface area contributed by atoms with Crippen molar-refractivity contribution in [3.8, 4) is 6.07 Å². The Morgan fingerprint density at radius 1 is 1.15 bits per heavy atom. The van der Waals surface area contributed by atoms with Gasteiger partial charge in [0.05, 0.1) is 17.4 Å². The molecule has 5 atom stereocenters. The Hall–Kier alpha value is -3.62. The molecule has 3 N–H and O–H groups in total. The highest BCUT2D eigenvalue weighted by Crippen LogP contribution is 2.51. The summed E-state index contributed by atoms with van der Waals surface area (Å²) in [4.78, 5) is 54.0. The zero-order chi connectivity index (χ0) is 30.5. The first-order valence-corrected chi connectivity index (χ1v) is 13.7. The van der Waals surface area contributed by atoms with Crippen LogP contribution in [0, 0.1) is 28.1 Å². The first-order chi connectivity index (χ1) is 18.9. The maximum absolute atomic E-state index is 13.9. The van der Waals surface area contributed by atoms with Crippen molar-refractivity contribution >= 4 is 29.3 Å². The summed E-state index contributed by atoms with van der Waals surface area (Å²) in [5, 5.41) is 17.6. The molecule has 1 aromatic carbocycles. The zero-order valence-corrected chi connectivity index (χ0v) is 23.8. The molecule has 41 heavy (non-hydrogen) atoms. The van der Waals surface area contributed by atoms with Crippen LogP contribution >= 0.6 is 0 Å². The highest BCUT2D eigenvalue weighted by molar-refractivity contribution is 6.35. The number of fused-ring (bicyclic) bond motifs is 2. The average Bonchev–Trinajstić information content (AvgIpc) is 3.48. The number of alkyl halides is 3. The van der Waals surface area contributed by atoms with Crippen molar-refractivity contribution in [3.63, 3.8) is 0 Å². The second kappa shape index (κ2) is 10.3. The Bertz CT molecular complexity index is 1300. The van der Waals surface area contributed by atoms with Gasteiger partial charge in [-0.25, -0.2) is 0 Å². The predicted molar refractivity (Wildman–Crippen MR) is 143 cm³/mol. The number of nitriles is 1. The lowest BCUT2D eigenvalue weighted by Gasteiger charge is -2.31. The van der Waals surface area contributed by atoms with E-state index in [9.17, 15) is 37.6 Å². The number of benzene rings is 1. The van der Waals surface area contributed by atoms with E-state index < -0.39 is 64.2 Å². The van der Waals surface area contributed by atoms with Gasteiger partial charge in [0, 0.05) is 24.7 Å². The highest BCUT2D eigenvalue weighted by atomic mass is 19.4. The van der Waals surface area contributed by atoms with E-state index >= 15 is 0 Å². The fraction of sp³-hybridized carbons (Fsp3) is 0.621. The number of nitrogens with zero attached hydrogens (tertiary/aromatic N) is 2. The highest BCUT2D eigenvalue weighted by Gasteiger charge is 2.57. The topological polar surface area (TPSA) is 131 Å². The van der Waals surface area contributed by atoms with E-state index in [1.54, 1.807) is 24.3 Å². The zero-order valence-electron chi connectivity index (χ0n) is 23.8. The summed E-state index contributed by atoms with van der Waals surface area (Å²) in [6.45, 7) is 8.40. The number of nitrogens with one attached hydrogen (secondary N) is 3. The van der Waals surface area contributed by atoms with Crippen LogP contribution in [-0.2, 0) is 24.6 Å². The van der Waals surface area contributed by atoms with Crippen molar-refractivity contribution in [2.45, 2.75) is 90.0 Å². The summed E-state index contributed by atoms with van der Waals surface area (Å²) in [6, 6.07) is 6.17. The molecule has 0 radical (unpaired) electrons. The molecule has 4 amide bonds. The molecule has 2 aliphatic heterocycles. The van der Waals surface area contributed by atoms with Crippen LogP contribution in [0.25, 0.3) is 0 Å². The van der Waals surface area contributed by atoms with Gasteiger partial charge in [0.25, 0.3) is 0 Å². The molecule has 1 aromatic rings. The van der Waals surface area contributed by atoms with Gasteiger partial charge in [-0.3, -0.25) is 19.2 Å². The number of para-hydroxylation sites is 1. The van der Waals surface area contributed by atoms with Crippen LogP contribution in [0.5, 0.6) is 0 Å². The third-order valence-corrected chi connectivity index (χ3v) is 8.51. The quantitative estimate of drug-likeness (QED) is 0.474. The standard InChI is InChI=1S/C29H36F3N5O4/c1-26(2,3)13-20(35-23(39)22(38)34-16-10-21(29(30,31)32)27(4,5)11-16)24(40)37-15-28(12-17(37)14-33)18-8-6-7-9-19(18)36-25(28)41/h6-9,16-17,20-21H,10-13,15H2,1-5H3,(H,34,38)(H,35,39)(H,36,41)/t16?,17-,20-,21?,28-/m0/s1. The number of rotatable bonds is 4. The summed E-state index contributed by atoms with van der Waals surface area (Å²) in [5.41, 5.74) is -1.42. The van der Waals surface area contributed by atoms with E-state index in [1.165, 1.54) is 18.7 Å². The second-order valence-corrected chi connectivity index (χ2v) is 13.4. The van der Waals surface area contributed by atoms with Crippen LogP contribution in [0.15, 0.2) is 24.3 Å². The van der Waals surface area contributed by atoms with Crippen molar-refractivity contribution in [3.05, 3.63) is 29.8 Å². The van der Waals surface area contributed by atoms with E-state index in [0.29, 0.717) is 11.3 Å². The van der Waals surface area contributed by atoms with Crippen LogP contribution in [0.1, 0.15) is 65.9 Å². The molecular weight excluding hydrogens is 539 g/mol. The van der Waals surface area contributed by atoms with E-state index in [0.717, 1.165) is 0 Å². The molecule has 1 aliphatic carbocycles. The van der Waals surface area contributed by atoms with Gasteiger partial charge in [-0.05, 0) is 41.7 Å². The monoisotopic (exact) mass is 575 g/mol. The molecule has 222 valence electrons. The minimum atomic E-state index is -4.43. The van der Waals surface area contributed by atoms with E-state index in [1.807, 2.05) is 20.8 Å². The average molecular weight is 576 g/mol. The Kier molecular flexibility index (Phi) is 7.65. The van der Waals surface area contributed by atoms with Crippen molar-refractivity contribution in [1.82, 2.24) is 15.5 Å². The van der Waals surface area contributed by atoms with Crippen molar-refractivity contribution in [2.24, 2.45) is 16.7 Å². The van der Waals surface area contributed by atoms with Gasteiger partial charge in [0.15, 0.2) is 0 Å². The van der Waals surface area contributed by atoms with Crippen molar-refractivity contribution in [1.29, 1.82) is 5.26 Å². The second-order valence-electron chi connectivity index (χ2n) is 13.4. The number of hydrogen-bond donors (Lipinski definition) is 3. The first-order valence-electron chi connectivity index (χ1n) is 13.7. The SMILES string of the molecule is CC(C)(C)C[C@H](NC(=O)C(=O)NC1CC(C(F)(F)F)C(C)(C)C1)C(=O)N1C[C@]2(C[C@H]1C#N)C(=O)Nc1ccccc12. The number of hydrogen-bond acceptors (Lipinski definition) is 5. The Morgan fingerprint density at radius 2 is 1.80 bits per heavy atom. The maximum Gasteiger partial charge on any atom is 0.392 e. The Labute approximate surface area is 237 Å². The molecule has 0 bridgehead atoms. The van der Waals surface area contributed by atoms with Gasteiger partial charge in [-0.15, -0.1) is 0 Å². The fourth-order valence-electron chi connectivity index (χ4n) is 6.62. The molecule has 1 saturated heterocycles. The molecule has 2 heterocycles. The molecule has 3 aliphatic rings. The van der Waals surface area contributed by atoms with E-state index in [-0.39, 0.29) is 38.1 Å². The third kappa shape index (κ3) is 5.90. The van der Waals surface area contributed by atoms with Crippen LogP contribution in [0.3, 0.4) is 0 Å². The van der Waals surface area contributed by atoms with Crippen molar-refractivity contribution < 1.29 is 32.3 Å². The van der Waals surface area contributed by atoms with Gasteiger partial charge >= 0.3 is 18.0 Å². The number of likely N-dealkylation sites (tertiary alicyclic amines) is 1. The molecule has 2 fully saturated rings. The minimum absolute atomic E-state index is 0.0454. The largest absolute Gasteiger partial charge is 0.392 e. The maximum atomic E-state index is 13.9. The van der Waals surface area contributed by atoms with Gasteiger partial charge < -0.3 is 20.9 Å². The molecule has 12 heteroatoms. The van der Waals surface area contributed by atoms with E-state index in [2.05, 4.69) is 22.0 Å². The molecule has 2 unspecified atom stereocenters. The van der Waals surface area contributed by atoms with Gasteiger partial charge in [-0.2, -0.15) is 18.4 Å². The van der Waals surface area contributed by atoms with Crippen molar-refractivity contribution in [2.75, 3.05) is 11.9 Å². The normalized spacial score (nSPS) is 27.6. The van der Waals surface area contributed by atoms with Gasteiger partial charge in [0.2, 0.25) is 11.8 Å². The summed E-state index contributed by atoms with van der Waals surface area (Å²) in [7, 11) is 0. The minimum Gasteiger partial charge on any atom is -0.345 e. The Balaban J connectivity index is 1.51. The molecular formula is C29H36F3N5O4. The number of amides is 4. The van der Waals surface area contributed by atoms with Gasteiger partial charge in [-0.1, -0.05) is 52.8 Å². The summed E-state index contributed by atoms with van der Waals surface area (Å²) in [6.07, 6.45) is -4.54. The van der Waals surface area contributed by atoms with Crippen LogP contribution < -0.4 is 16.0 Å². The molecule has 4 rings (SSSR count). The third-order valence-electron chi connectivity index (χ3n) is 8.51.